The lowest BCUT2D eigenvalue weighted by Crippen LogP contribution is -2.22. The van der Waals surface area contributed by atoms with Crippen molar-refractivity contribution in [2.45, 2.75) is 13.2 Å². The van der Waals surface area contributed by atoms with Gasteiger partial charge in [0.15, 0.2) is 0 Å². The molecule has 0 fully saturated rings. The summed E-state index contributed by atoms with van der Waals surface area (Å²) in [5.41, 5.74) is 3.90. The predicted molar refractivity (Wildman–Crippen MR) is 117 cm³/mol. The maximum absolute atomic E-state index is 12.2. The van der Waals surface area contributed by atoms with Gasteiger partial charge in [-0.2, -0.15) is 0 Å². The van der Waals surface area contributed by atoms with Crippen molar-refractivity contribution in [2.24, 2.45) is 7.05 Å². The average Bonchev–Trinajstić information content (AvgIpc) is 3.12. The van der Waals surface area contributed by atoms with Gasteiger partial charge >= 0.3 is 0 Å². The Hall–Kier alpha value is -3.93. The molecule has 0 unspecified atom stereocenters. The molecule has 0 saturated carbocycles. The number of hydrogen-bond donors (Lipinski definition) is 1. The molecule has 0 saturated heterocycles. The number of pyridine rings is 1. The fourth-order valence-corrected chi connectivity index (χ4v) is 3.08. The highest BCUT2D eigenvalue weighted by Crippen LogP contribution is 2.15. The molecule has 2 aromatic carbocycles. The third-order valence-corrected chi connectivity index (χ3v) is 4.74. The van der Waals surface area contributed by atoms with Crippen LogP contribution >= 0.6 is 0 Å². The summed E-state index contributed by atoms with van der Waals surface area (Å²) in [6.45, 7) is 0.836. The first-order valence-corrected chi connectivity index (χ1v) is 9.67. The number of aryl methyl sites for hydroxylation is 1. The summed E-state index contributed by atoms with van der Waals surface area (Å²) in [6.07, 6.45) is 6.81. The highest BCUT2D eigenvalue weighted by atomic mass is 16.5. The number of rotatable bonds is 7. The van der Waals surface area contributed by atoms with E-state index in [1.54, 1.807) is 18.5 Å². The van der Waals surface area contributed by atoms with Crippen LogP contribution < -0.4 is 10.1 Å². The van der Waals surface area contributed by atoms with Gasteiger partial charge in [0.05, 0.1) is 17.6 Å². The highest BCUT2D eigenvalue weighted by molar-refractivity contribution is 5.91. The fourth-order valence-electron chi connectivity index (χ4n) is 3.08. The topological polar surface area (TPSA) is 69.0 Å². The molecule has 0 radical (unpaired) electrons. The van der Waals surface area contributed by atoms with Crippen LogP contribution in [0.4, 0.5) is 0 Å². The molecule has 0 aliphatic carbocycles. The monoisotopic (exact) mass is 398 g/mol. The van der Waals surface area contributed by atoms with Crippen molar-refractivity contribution in [3.05, 3.63) is 96.1 Å². The van der Waals surface area contributed by atoms with Crippen molar-refractivity contribution < 1.29 is 9.53 Å². The summed E-state index contributed by atoms with van der Waals surface area (Å²) < 4.78 is 7.73. The van der Waals surface area contributed by atoms with E-state index in [1.165, 1.54) is 6.08 Å². The van der Waals surface area contributed by atoms with Crippen LogP contribution in [0.3, 0.4) is 0 Å². The number of ether oxygens (including phenoxy) is 1. The van der Waals surface area contributed by atoms with Crippen molar-refractivity contribution in [3.63, 3.8) is 0 Å². The van der Waals surface area contributed by atoms with Crippen LogP contribution in [0.15, 0.2) is 79.1 Å². The number of nitrogens with zero attached hydrogens (tertiary/aromatic N) is 3. The van der Waals surface area contributed by atoms with Gasteiger partial charge in [-0.1, -0.05) is 30.3 Å². The van der Waals surface area contributed by atoms with Crippen molar-refractivity contribution in [3.8, 4) is 5.75 Å². The second kappa shape index (κ2) is 9.05. The van der Waals surface area contributed by atoms with Gasteiger partial charge in [0, 0.05) is 31.1 Å². The van der Waals surface area contributed by atoms with Crippen LogP contribution in [-0.2, 0) is 25.0 Å². The molecule has 30 heavy (non-hydrogen) atoms. The van der Waals surface area contributed by atoms with Crippen molar-refractivity contribution in [2.75, 3.05) is 0 Å². The van der Waals surface area contributed by atoms with E-state index < -0.39 is 0 Å². The quantitative estimate of drug-likeness (QED) is 0.480. The van der Waals surface area contributed by atoms with Crippen LogP contribution in [0.25, 0.3) is 17.1 Å². The minimum Gasteiger partial charge on any atom is -0.489 e. The molecule has 0 bridgehead atoms. The van der Waals surface area contributed by atoms with Gasteiger partial charge in [0.25, 0.3) is 0 Å². The zero-order chi connectivity index (χ0) is 20.8. The summed E-state index contributed by atoms with van der Waals surface area (Å²) in [6, 6.07) is 19.3. The Kier molecular flexibility index (Phi) is 5.85. The molecule has 0 atom stereocenters. The van der Waals surface area contributed by atoms with Gasteiger partial charge in [-0.25, -0.2) is 4.98 Å². The number of aromatic nitrogens is 3. The van der Waals surface area contributed by atoms with E-state index in [-0.39, 0.29) is 5.91 Å². The fraction of sp³-hybridized carbons (Fsp3) is 0.125. The Balaban J connectivity index is 1.29. The summed E-state index contributed by atoms with van der Waals surface area (Å²) in [4.78, 5) is 20.8. The molecule has 6 nitrogen and oxygen atoms in total. The molecular weight excluding hydrogens is 376 g/mol. The molecule has 2 aromatic heterocycles. The van der Waals surface area contributed by atoms with Crippen LogP contribution in [-0.4, -0.2) is 20.4 Å². The van der Waals surface area contributed by atoms with E-state index in [0.29, 0.717) is 13.2 Å². The standard InChI is InChI=1S/C24H22N4O2/c1-28-22-7-3-2-6-21(22)27-23(28)16-26-24(29)13-10-18-8-11-20(12-9-18)30-17-19-5-4-14-25-15-19/h2-15H,16-17H2,1H3,(H,26,29)/b13-10+. The van der Waals surface area contributed by atoms with Gasteiger partial charge in [-0.3, -0.25) is 9.78 Å². The van der Waals surface area contributed by atoms with E-state index in [4.69, 9.17) is 4.74 Å². The number of para-hydroxylation sites is 2. The SMILES string of the molecule is Cn1c(CNC(=O)/C=C/c2ccc(OCc3cccnc3)cc2)nc2ccccc21. The predicted octanol–water partition coefficient (Wildman–Crippen LogP) is 3.88. The maximum atomic E-state index is 12.2. The minimum absolute atomic E-state index is 0.168. The van der Waals surface area contributed by atoms with E-state index in [1.807, 2.05) is 72.3 Å². The largest absolute Gasteiger partial charge is 0.489 e. The Morgan fingerprint density at radius 1 is 1.10 bits per heavy atom. The highest BCUT2D eigenvalue weighted by Gasteiger charge is 2.07. The number of amides is 1. The summed E-state index contributed by atoms with van der Waals surface area (Å²) in [5, 5.41) is 2.88. The first kappa shape index (κ1) is 19.4. The molecule has 150 valence electrons. The maximum Gasteiger partial charge on any atom is 0.244 e. The van der Waals surface area contributed by atoms with E-state index in [2.05, 4.69) is 15.3 Å². The average molecular weight is 398 g/mol. The Labute approximate surface area is 174 Å². The summed E-state index contributed by atoms with van der Waals surface area (Å²) in [5.74, 6) is 1.41. The number of fused-ring (bicyclic) bond motifs is 1. The summed E-state index contributed by atoms with van der Waals surface area (Å²) in [7, 11) is 1.95. The third kappa shape index (κ3) is 4.72. The first-order chi connectivity index (χ1) is 14.7. The zero-order valence-electron chi connectivity index (χ0n) is 16.7. The molecule has 1 N–H and O–H groups in total. The molecule has 2 heterocycles. The van der Waals surface area contributed by atoms with Gasteiger partial charge in [-0.05, 0) is 42.0 Å². The molecular formula is C24H22N4O2. The third-order valence-electron chi connectivity index (χ3n) is 4.74. The van der Waals surface area contributed by atoms with Crippen molar-refractivity contribution in [1.29, 1.82) is 0 Å². The van der Waals surface area contributed by atoms with Gasteiger partial charge in [0.2, 0.25) is 5.91 Å². The number of hydrogen-bond acceptors (Lipinski definition) is 4. The lowest BCUT2D eigenvalue weighted by atomic mass is 10.2. The van der Waals surface area contributed by atoms with Crippen LogP contribution in [0.5, 0.6) is 5.75 Å². The Bertz CT molecular complexity index is 1170. The molecule has 1 amide bonds. The van der Waals surface area contributed by atoms with E-state index in [9.17, 15) is 4.79 Å². The van der Waals surface area contributed by atoms with E-state index >= 15 is 0 Å². The molecule has 4 aromatic rings. The number of carbonyl (C=O) groups is 1. The lowest BCUT2D eigenvalue weighted by Gasteiger charge is -2.06. The Morgan fingerprint density at radius 3 is 2.70 bits per heavy atom. The van der Waals surface area contributed by atoms with Gasteiger partial charge in [0.1, 0.15) is 18.2 Å². The second-order valence-electron chi connectivity index (χ2n) is 6.85. The van der Waals surface area contributed by atoms with Crippen molar-refractivity contribution >= 4 is 23.0 Å². The van der Waals surface area contributed by atoms with Crippen LogP contribution in [0.2, 0.25) is 0 Å². The minimum atomic E-state index is -0.168. The van der Waals surface area contributed by atoms with Gasteiger partial charge in [-0.15, -0.1) is 0 Å². The zero-order valence-corrected chi connectivity index (χ0v) is 16.7. The molecule has 0 aliphatic heterocycles. The number of nitrogens with one attached hydrogen (secondary N) is 1. The number of benzene rings is 2. The lowest BCUT2D eigenvalue weighted by molar-refractivity contribution is -0.116. The van der Waals surface area contributed by atoms with Crippen LogP contribution in [0.1, 0.15) is 17.0 Å². The van der Waals surface area contributed by atoms with Crippen LogP contribution in [0, 0.1) is 0 Å². The Morgan fingerprint density at radius 2 is 1.93 bits per heavy atom. The number of carbonyl (C=O) groups excluding carboxylic acids is 1. The van der Waals surface area contributed by atoms with Gasteiger partial charge < -0.3 is 14.6 Å². The first-order valence-electron chi connectivity index (χ1n) is 9.67. The smallest absolute Gasteiger partial charge is 0.244 e. The van der Waals surface area contributed by atoms with Crippen molar-refractivity contribution in [1.82, 2.24) is 19.9 Å². The van der Waals surface area contributed by atoms with E-state index in [0.717, 1.165) is 33.7 Å². The molecule has 6 heteroatoms. The normalized spacial score (nSPS) is 11.1. The molecule has 0 spiro atoms. The second-order valence-corrected chi connectivity index (χ2v) is 6.85. The molecule has 0 aliphatic rings. The molecule has 4 rings (SSSR count). The number of imidazole rings is 1. The summed E-state index contributed by atoms with van der Waals surface area (Å²) >= 11 is 0.